The van der Waals surface area contributed by atoms with Gasteiger partial charge in [0.1, 0.15) is 11.8 Å². The molecular formula is C13H10Cl2N2O3. The Bertz CT molecular complexity index is 664. The molecule has 0 N–H and O–H groups in total. The molecule has 20 heavy (non-hydrogen) atoms. The molecule has 7 heteroatoms. The van der Waals surface area contributed by atoms with E-state index in [-0.39, 0.29) is 17.2 Å². The Morgan fingerprint density at radius 3 is 2.85 bits per heavy atom. The SMILES string of the molecule is Cc1c(Cl)nc(Cl)nc1OCc1ccc2c(c1)OCO2. The van der Waals surface area contributed by atoms with E-state index in [2.05, 4.69) is 9.97 Å². The lowest BCUT2D eigenvalue weighted by Crippen LogP contribution is -2.01. The molecule has 2 heterocycles. The largest absolute Gasteiger partial charge is 0.472 e. The first-order chi connectivity index (χ1) is 9.63. The van der Waals surface area contributed by atoms with Crippen LogP contribution in [0.15, 0.2) is 18.2 Å². The molecule has 0 bridgehead atoms. The second-order valence-electron chi connectivity index (χ2n) is 4.19. The van der Waals surface area contributed by atoms with Crippen molar-refractivity contribution in [3.05, 3.63) is 39.8 Å². The third-order valence-electron chi connectivity index (χ3n) is 2.83. The van der Waals surface area contributed by atoms with Crippen molar-refractivity contribution >= 4 is 23.2 Å². The molecule has 104 valence electrons. The fourth-order valence-corrected chi connectivity index (χ4v) is 2.13. The Kier molecular flexibility index (Phi) is 3.54. The summed E-state index contributed by atoms with van der Waals surface area (Å²) in [6.45, 7) is 2.34. The second kappa shape index (κ2) is 5.34. The summed E-state index contributed by atoms with van der Waals surface area (Å²) in [6, 6.07) is 5.60. The summed E-state index contributed by atoms with van der Waals surface area (Å²) < 4.78 is 16.2. The van der Waals surface area contributed by atoms with Crippen LogP contribution in [0.25, 0.3) is 0 Å². The highest BCUT2D eigenvalue weighted by molar-refractivity contribution is 6.32. The van der Waals surface area contributed by atoms with Gasteiger partial charge >= 0.3 is 0 Å². The highest BCUT2D eigenvalue weighted by Gasteiger charge is 2.14. The summed E-state index contributed by atoms with van der Waals surface area (Å²) in [5.41, 5.74) is 1.58. The molecule has 0 amide bonds. The first-order valence-corrected chi connectivity index (χ1v) is 6.60. The highest BCUT2D eigenvalue weighted by Crippen LogP contribution is 2.33. The van der Waals surface area contributed by atoms with E-state index in [9.17, 15) is 0 Å². The van der Waals surface area contributed by atoms with E-state index in [0.29, 0.717) is 23.8 Å². The number of benzene rings is 1. The molecule has 0 radical (unpaired) electrons. The van der Waals surface area contributed by atoms with E-state index in [4.69, 9.17) is 37.4 Å². The lowest BCUT2D eigenvalue weighted by Gasteiger charge is -2.09. The topological polar surface area (TPSA) is 53.5 Å². The maximum atomic E-state index is 5.93. The molecular weight excluding hydrogens is 303 g/mol. The summed E-state index contributed by atoms with van der Waals surface area (Å²) in [7, 11) is 0. The minimum atomic E-state index is 0.0567. The Hall–Kier alpha value is -1.72. The zero-order chi connectivity index (χ0) is 14.1. The average Bonchev–Trinajstić information content (AvgIpc) is 2.88. The average molecular weight is 313 g/mol. The fourth-order valence-electron chi connectivity index (χ4n) is 1.77. The van der Waals surface area contributed by atoms with E-state index in [1.165, 1.54) is 0 Å². The molecule has 2 aromatic rings. The van der Waals surface area contributed by atoms with Crippen molar-refractivity contribution in [1.82, 2.24) is 9.97 Å². The predicted molar refractivity (Wildman–Crippen MR) is 73.7 cm³/mol. The molecule has 1 aliphatic rings. The number of halogens is 2. The molecule has 1 aromatic heterocycles. The lowest BCUT2D eigenvalue weighted by molar-refractivity contribution is 0.174. The van der Waals surface area contributed by atoms with E-state index in [0.717, 1.165) is 11.3 Å². The number of fused-ring (bicyclic) bond motifs is 1. The first-order valence-electron chi connectivity index (χ1n) is 5.84. The minimum absolute atomic E-state index is 0.0567. The van der Waals surface area contributed by atoms with Crippen LogP contribution in [0.5, 0.6) is 17.4 Å². The van der Waals surface area contributed by atoms with Gasteiger partial charge < -0.3 is 14.2 Å². The van der Waals surface area contributed by atoms with E-state index in [1.54, 1.807) is 6.92 Å². The molecule has 1 aliphatic heterocycles. The van der Waals surface area contributed by atoms with Crippen molar-refractivity contribution in [3.8, 4) is 17.4 Å². The Morgan fingerprint density at radius 2 is 2.00 bits per heavy atom. The van der Waals surface area contributed by atoms with Crippen molar-refractivity contribution in [1.29, 1.82) is 0 Å². The Labute approximate surface area is 125 Å². The Balaban J connectivity index is 1.77. The smallest absolute Gasteiger partial charge is 0.231 e. The molecule has 0 aliphatic carbocycles. The molecule has 0 saturated heterocycles. The normalized spacial score (nSPS) is 12.6. The molecule has 5 nitrogen and oxygen atoms in total. The molecule has 0 unspecified atom stereocenters. The number of hydrogen-bond acceptors (Lipinski definition) is 5. The third-order valence-corrected chi connectivity index (χ3v) is 3.36. The number of rotatable bonds is 3. The Morgan fingerprint density at radius 1 is 1.20 bits per heavy atom. The quantitative estimate of drug-likeness (QED) is 0.642. The van der Waals surface area contributed by atoms with Crippen LogP contribution >= 0.6 is 23.2 Å². The molecule has 0 fully saturated rings. The van der Waals surface area contributed by atoms with Gasteiger partial charge in [0.05, 0.1) is 0 Å². The van der Waals surface area contributed by atoms with Gasteiger partial charge in [-0.25, -0.2) is 4.98 Å². The van der Waals surface area contributed by atoms with Gasteiger partial charge in [-0.2, -0.15) is 4.98 Å². The summed E-state index contributed by atoms with van der Waals surface area (Å²) in [5, 5.41) is 0.340. The first kappa shape index (κ1) is 13.3. The van der Waals surface area contributed by atoms with Crippen LogP contribution in [-0.2, 0) is 6.61 Å². The number of nitrogens with zero attached hydrogens (tertiary/aromatic N) is 2. The standard InChI is InChI=1S/C13H10Cl2N2O3/c1-7-11(14)16-13(15)17-12(7)18-5-8-2-3-9-10(4-8)20-6-19-9/h2-4H,5-6H2,1H3. The van der Waals surface area contributed by atoms with Crippen molar-refractivity contribution in [2.75, 3.05) is 6.79 Å². The zero-order valence-electron chi connectivity index (χ0n) is 10.5. The summed E-state index contributed by atoms with van der Waals surface area (Å²) >= 11 is 11.7. The van der Waals surface area contributed by atoms with Crippen LogP contribution in [-0.4, -0.2) is 16.8 Å². The van der Waals surface area contributed by atoms with Gasteiger partial charge in [0.15, 0.2) is 11.5 Å². The number of ether oxygens (including phenoxy) is 3. The van der Waals surface area contributed by atoms with Crippen LogP contribution in [0.4, 0.5) is 0 Å². The highest BCUT2D eigenvalue weighted by atomic mass is 35.5. The maximum absolute atomic E-state index is 5.93. The van der Waals surface area contributed by atoms with E-state index < -0.39 is 0 Å². The van der Waals surface area contributed by atoms with Gasteiger partial charge in [-0.3, -0.25) is 0 Å². The molecule has 3 rings (SSSR count). The van der Waals surface area contributed by atoms with Gasteiger partial charge in [0, 0.05) is 5.56 Å². The monoisotopic (exact) mass is 312 g/mol. The maximum Gasteiger partial charge on any atom is 0.231 e. The molecule has 0 saturated carbocycles. The number of hydrogen-bond donors (Lipinski definition) is 0. The van der Waals surface area contributed by atoms with Crippen molar-refractivity contribution < 1.29 is 14.2 Å². The van der Waals surface area contributed by atoms with E-state index >= 15 is 0 Å². The number of aromatic nitrogens is 2. The summed E-state index contributed by atoms with van der Waals surface area (Å²) in [4.78, 5) is 7.85. The van der Waals surface area contributed by atoms with Gasteiger partial charge in [0.25, 0.3) is 0 Å². The van der Waals surface area contributed by atoms with Gasteiger partial charge in [-0.05, 0) is 36.2 Å². The van der Waals surface area contributed by atoms with Crippen LogP contribution in [0.3, 0.4) is 0 Å². The zero-order valence-corrected chi connectivity index (χ0v) is 12.0. The van der Waals surface area contributed by atoms with Crippen molar-refractivity contribution in [2.24, 2.45) is 0 Å². The third kappa shape index (κ3) is 2.59. The molecule has 0 atom stereocenters. The fraction of sp³-hybridized carbons (Fsp3) is 0.231. The van der Waals surface area contributed by atoms with Crippen LogP contribution in [0.2, 0.25) is 10.4 Å². The molecule has 0 spiro atoms. The van der Waals surface area contributed by atoms with Crippen LogP contribution < -0.4 is 14.2 Å². The summed E-state index contributed by atoms with van der Waals surface area (Å²) in [6.07, 6.45) is 0. The summed E-state index contributed by atoms with van der Waals surface area (Å²) in [5.74, 6) is 1.81. The van der Waals surface area contributed by atoms with Gasteiger partial charge in [-0.1, -0.05) is 17.7 Å². The van der Waals surface area contributed by atoms with Crippen LogP contribution in [0.1, 0.15) is 11.1 Å². The lowest BCUT2D eigenvalue weighted by atomic mass is 10.2. The van der Waals surface area contributed by atoms with Crippen LogP contribution in [0, 0.1) is 6.92 Å². The van der Waals surface area contributed by atoms with Gasteiger partial charge in [0.2, 0.25) is 18.0 Å². The van der Waals surface area contributed by atoms with Crippen molar-refractivity contribution in [2.45, 2.75) is 13.5 Å². The van der Waals surface area contributed by atoms with Gasteiger partial charge in [-0.15, -0.1) is 0 Å². The van der Waals surface area contributed by atoms with Crippen molar-refractivity contribution in [3.63, 3.8) is 0 Å². The molecule has 1 aromatic carbocycles. The van der Waals surface area contributed by atoms with E-state index in [1.807, 2.05) is 18.2 Å². The predicted octanol–water partition coefficient (Wildman–Crippen LogP) is 3.40. The minimum Gasteiger partial charge on any atom is -0.472 e. The second-order valence-corrected chi connectivity index (χ2v) is 4.89.